The van der Waals surface area contributed by atoms with Crippen LogP contribution in [0.5, 0.6) is 5.75 Å². The molecule has 4 rings (SSSR count). The first-order valence-corrected chi connectivity index (χ1v) is 15.7. The van der Waals surface area contributed by atoms with E-state index in [2.05, 4.69) is 37.8 Å². The van der Waals surface area contributed by atoms with Gasteiger partial charge in [0.15, 0.2) is 0 Å². The number of anilines is 1. The Hall–Kier alpha value is -3.32. The summed E-state index contributed by atoms with van der Waals surface area (Å²) in [6, 6.07) is 15.8. The van der Waals surface area contributed by atoms with Crippen molar-refractivity contribution in [3.05, 3.63) is 65.5 Å². The topological polar surface area (TPSA) is 74.0 Å². The van der Waals surface area contributed by atoms with Gasteiger partial charge in [-0.3, -0.25) is 0 Å². The molecule has 1 saturated carbocycles. The van der Waals surface area contributed by atoms with E-state index in [-0.39, 0.29) is 24.0 Å². The molecular weight excluding hydrogens is 540 g/mol. The zero-order valence-electron chi connectivity index (χ0n) is 27.3. The SMILES string of the molecule is COc1ccc(N(CCC2CCCC(OCc3nc(-c4cccc(C)c4)oc3C)C2)C(C(=O)OC(C)(C)C)C(C)C)cc1. The number of nitrogens with zero attached hydrogens (tertiary/aromatic N) is 2. The molecule has 0 saturated heterocycles. The minimum absolute atomic E-state index is 0.0785. The Balaban J connectivity index is 1.41. The average Bonchev–Trinajstić information content (AvgIpc) is 3.33. The number of esters is 1. The van der Waals surface area contributed by atoms with Crippen LogP contribution in [0.25, 0.3) is 11.5 Å². The predicted molar refractivity (Wildman–Crippen MR) is 171 cm³/mol. The van der Waals surface area contributed by atoms with Crippen molar-refractivity contribution in [3.63, 3.8) is 0 Å². The molecule has 3 aromatic rings. The second kappa shape index (κ2) is 14.4. The highest BCUT2D eigenvalue weighted by Crippen LogP contribution is 2.33. The van der Waals surface area contributed by atoms with Crippen LogP contribution >= 0.6 is 0 Å². The molecule has 234 valence electrons. The van der Waals surface area contributed by atoms with Crippen molar-refractivity contribution < 1.29 is 23.4 Å². The van der Waals surface area contributed by atoms with Crippen LogP contribution < -0.4 is 9.64 Å². The summed E-state index contributed by atoms with van der Waals surface area (Å²) in [5, 5.41) is 0. The Morgan fingerprint density at radius 3 is 2.49 bits per heavy atom. The summed E-state index contributed by atoms with van der Waals surface area (Å²) in [7, 11) is 1.67. The number of carbonyl (C=O) groups excluding carboxylic acids is 1. The van der Waals surface area contributed by atoms with Crippen molar-refractivity contribution in [1.82, 2.24) is 4.98 Å². The van der Waals surface area contributed by atoms with E-state index in [1.165, 1.54) is 5.56 Å². The van der Waals surface area contributed by atoms with Gasteiger partial charge in [-0.2, -0.15) is 0 Å². The van der Waals surface area contributed by atoms with Crippen molar-refractivity contribution in [3.8, 4) is 17.2 Å². The van der Waals surface area contributed by atoms with Crippen molar-refractivity contribution in [2.24, 2.45) is 11.8 Å². The van der Waals surface area contributed by atoms with E-state index in [4.69, 9.17) is 23.6 Å². The summed E-state index contributed by atoms with van der Waals surface area (Å²) in [5.74, 6) is 2.64. The number of carbonyl (C=O) groups is 1. The van der Waals surface area contributed by atoms with Crippen LogP contribution in [0.2, 0.25) is 0 Å². The first kappa shape index (κ1) is 32.6. The summed E-state index contributed by atoms with van der Waals surface area (Å²) >= 11 is 0. The second-order valence-electron chi connectivity index (χ2n) is 13.3. The van der Waals surface area contributed by atoms with Crippen molar-refractivity contribution in [1.29, 1.82) is 0 Å². The summed E-state index contributed by atoms with van der Waals surface area (Å²) in [4.78, 5) is 20.5. The van der Waals surface area contributed by atoms with Gasteiger partial charge in [0.25, 0.3) is 0 Å². The van der Waals surface area contributed by atoms with Crippen LogP contribution in [0.4, 0.5) is 5.69 Å². The average molecular weight is 591 g/mol. The molecule has 7 nitrogen and oxygen atoms in total. The lowest BCUT2D eigenvalue weighted by Gasteiger charge is -2.38. The lowest BCUT2D eigenvalue weighted by Crippen LogP contribution is -2.48. The van der Waals surface area contributed by atoms with Gasteiger partial charge in [0.05, 0.1) is 19.8 Å². The van der Waals surface area contributed by atoms with Gasteiger partial charge >= 0.3 is 5.97 Å². The molecule has 43 heavy (non-hydrogen) atoms. The molecule has 1 heterocycles. The smallest absolute Gasteiger partial charge is 0.329 e. The number of methoxy groups -OCH3 is 1. The fourth-order valence-electron chi connectivity index (χ4n) is 5.96. The fraction of sp³-hybridized carbons (Fsp3) is 0.556. The number of hydrogen-bond acceptors (Lipinski definition) is 7. The maximum atomic E-state index is 13.5. The maximum Gasteiger partial charge on any atom is 0.329 e. The standard InChI is InChI=1S/C36H50N2O5/c1-24(2)33(35(39)43-36(5,6)7)38(29-15-17-30(40-8)18-16-29)20-19-27-12-10-14-31(22-27)41-23-32-26(4)42-34(37-32)28-13-9-11-25(3)21-28/h9,11,13,15-18,21,24,27,31,33H,10,12,14,19-20,22-23H2,1-8H3. The Morgan fingerprint density at radius 1 is 1.09 bits per heavy atom. The van der Waals surface area contributed by atoms with E-state index in [1.807, 2.05) is 64.1 Å². The minimum Gasteiger partial charge on any atom is -0.497 e. The summed E-state index contributed by atoms with van der Waals surface area (Å²) in [6.45, 7) is 15.2. The van der Waals surface area contributed by atoms with Crippen LogP contribution in [-0.2, 0) is 20.9 Å². The molecule has 3 atom stereocenters. The quantitative estimate of drug-likeness (QED) is 0.196. The van der Waals surface area contributed by atoms with E-state index in [9.17, 15) is 4.79 Å². The van der Waals surface area contributed by atoms with Crippen molar-refractivity contribution in [2.75, 3.05) is 18.6 Å². The number of aryl methyl sites for hydroxylation is 2. The van der Waals surface area contributed by atoms with Crippen LogP contribution in [0.1, 0.15) is 83.7 Å². The molecular formula is C36H50N2O5. The third kappa shape index (κ3) is 9.09. The summed E-state index contributed by atoms with van der Waals surface area (Å²) < 4.78 is 23.7. The second-order valence-corrected chi connectivity index (χ2v) is 13.3. The van der Waals surface area contributed by atoms with Gasteiger partial charge in [-0.1, -0.05) is 44.4 Å². The molecule has 3 unspecified atom stereocenters. The predicted octanol–water partition coefficient (Wildman–Crippen LogP) is 8.31. The molecule has 0 bridgehead atoms. The molecule has 1 fully saturated rings. The summed E-state index contributed by atoms with van der Waals surface area (Å²) in [5.41, 5.74) is 3.48. The van der Waals surface area contributed by atoms with Crippen molar-refractivity contribution >= 4 is 11.7 Å². The molecule has 1 aliphatic rings. The number of hydrogen-bond donors (Lipinski definition) is 0. The number of ether oxygens (including phenoxy) is 3. The van der Waals surface area contributed by atoms with E-state index in [0.29, 0.717) is 18.4 Å². The van der Waals surface area contributed by atoms with Crippen LogP contribution in [0.3, 0.4) is 0 Å². The largest absolute Gasteiger partial charge is 0.497 e. The van der Waals surface area contributed by atoms with Gasteiger partial charge in [-0.15, -0.1) is 0 Å². The Labute approximate surface area is 257 Å². The molecule has 0 aliphatic heterocycles. The van der Waals surface area contributed by atoms with E-state index < -0.39 is 5.60 Å². The molecule has 1 aromatic heterocycles. The number of rotatable bonds is 12. The number of oxazole rings is 1. The fourth-order valence-corrected chi connectivity index (χ4v) is 5.96. The first-order chi connectivity index (χ1) is 20.4. The van der Waals surface area contributed by atoms with Gasteiger partial charge in [0, 0.05) is 17.8 Å². The van der Waals surface area contributed by atoms with Crippen molar-refractivity contribution in [2.45, 2.75) is 105 Å². The van der Waals surface area contributed by atoms with Gasteiger partial charge < -0.3 is 23.5 Å². The maximum absolute atomic E-state index is 13.5. The monoisotopic (exact) mass is 590 g/mol. The van der Waals surface area contributed by atoms with Gasteiger partial charge in [-0.25, -0.2) is 9.78 Å². The molecule has 0 amide bonds. The zero-order chi connectivity index (χ0) is 31.1. The molecule has 1 aliphatic carbocycles. The van der Waals surface area contributed by atoms with E-state index in [0.717, 1.165) is 67.1 Å². The van der Waals surface area contributed by atoms with Gasteiger partial charge in [-0.05, 0) is 102 Å². The lowest BCUT2D eigenvalue weighted by molar-refractivity contribution is -0.157. The molecule has 0 radical (unpaired) electrons. The molecule has 2 aromatic carbocycles. The summed E-state index contributed by atoms with van der Waals surface area (Å²) in [6.07, 6.45) is 5.49. The number of benzene rings is 2. The van der Waals surface area contributed by atoms with E-state index >= 15 is 0 Å². The van der Waals surface area contributed by atoms with Gasteiger partial charge in [0.1, 0.15) is 28.8 Å². The molecule has 7 heteroatoms. The Bertz CT molecular complexity index is 1320. The normalized spacial score (nSPS) is 18.0. The van der Waals surface area contributed by atoms with E-state index in [1.54, 1.807) is 7.11 Å². The Kier molecular flexibility index (Phi) is 10.9. The first-order valence-electron chi connectivity index (χ1n) is 15.7. The molecule has 0 N–H and O–H groups in total. The third-order valence-corrected chi connectivity index (χ3v) is 8.15. The Morgan fingerprint density at radius 2 is 1.84 bits per heavy atom. The lowest BCUT2D eigenvalue weighted by atomic mass is 9.84. The minimum atomic E-state index is -0.549. The van der Waals surface area contributed by atoms with Gasteiger partial charge in [0.2, 0.25) is 5.89 Å². The zero-order valence-corrected chi connectivity index (χ0v) is 27.3. The molecule has 0 spiro atoms. The van der Waals surface area contributed by atoms with Crippen LogP contribution in [0.15, 0.2) is 52.9 Å². The number of aromatic nitrogens is 1. The van der Waals surface area contributed by atoms with Crippen LogP contribution in [-0.4, -0.2) is 42.4 Å². The highest BCUT2D eigenvalue weighted by molar-refractivity contribution is 5.81. The van der Waals surface area contributed by atoms with Crippen LogP contribution in [0, 0.1) is 25.7 Å². The highest BCUT2D eigenvalue weighted by atomic mass is 16.6. The third-order valence-electron chi connectivity index (χ3n) is 8.15. The highest BCUT2D eigenvalue weighted by Gasteiger charge is 2.34.